The van der Waals surface area contributed by atoms with E-state index in [-0.39, 0.29) is 30.0 Å². The van der Waals surface area contributed by atoms with Crippen LogP contribution in [0, 0.1) is 5.41 Å². The molecule has 1 unspecified atom stereocenters. The van der Waals surface area contributed by atoms with E-state index in [1.54, 1.807) is 0 Å². The lowest BCUT2D eigenvalue weighted by molar-refractivity contribution is -0.138. The zero-order valence-electron chi connectivity index (χ0n) is 10.6. The van der Waals surface area contributed by atoms with E-state index in [1.165, 1.54) is 0 Å². The predicted octanol–water partition coefficient (Wildman–Crippen LogP) is 1.58. The molecule has 5 heteroatoms. The maximum Gasteiger partial charge on any atom is 0.315 e. The second-order valence-electron chi connectivity index (χ2n) is 5.29. The molecule has 0 rings (SSSR count). The van der Waals surface area contributed by atoms with E-state index >= 15 is 0 Å². The minimum Gasteiger partial charge on any atom is -0.481 e. The summed E-state index contributed by atoms with van der Waals surface area (Å²) in [7, 11) is 0. The fraction of sp³-hybridized carbons (Fsp3) is 0.818. The zero-order chi connectivity index (χ0) is 12.9. The average Bonchev–Trinajstić information content (AvgIpc) is 1.98. The van der Waals surface area contributed by atoms with Gasteiger partial charge in [-0.2, -0.15) is 0 Å². The third-order valence-corrected chi connectivity index (χ3v) is 2.15. The first kappa shape index (κ1) is 14.7. The predicted molar refractivity (Wildman–Crippen MR) is 62.3 cm³/mol. The Labute approximate surface area is 96.6 Å². The first-order valence-electron chi connectivity index (χ1n) is 5.41. The number of hydrogen-bond donors (Lipinski definition) is 3. The number of nitrogens with one attached hydrogen (secondary N) is 2. The molecule has 0 fully saturated rings. The summed E-state index contributed by atoms with van der Waals surface area (Å²) in [5.74, 6) is -0.912. The Hall–Kier alpha value is -1.26. The highest BCUT2D eigenvalue weighted by atomic mass is 16.4. The SMILES string of the molecule is CC(C)NC(=O)NC(CC(=O)O)C(C)(C)C. The van der Waals surface area contributed by atoms with Crippen molar-refractivity contribution >= 4 is 12.0 Å². The van der Waals surface area contributed by atoms with Gasteiger partial charge in [-0.1, -0.05) is 20.8 Å². The fourth-order valence-electron chi connectivity index (χ4n) is 1.21. The topological polar surface area (TPSA) is 78.4 Å². The van der Waals surface area contributed by atoms with Crippen LogP contribution < -0.4 is 10.6 Å². The van der Waals surface area contributed by atoms with Crippen molar-refractivity contribution in [2.45, 2.75) is 53.1 Å². The molecule has 0 aliphatic heterocycles. The number of urea groups is 1. The van der Waals surface area contributed by atoms with Gasteiger partial charge in [0, 0.05) is 12.1 Å². The second kappa shape index (κ2) is 5.72. The van der Waals surface area contributed by atoms with Crippen molar-refractivity contribution in [2.24, 2.45) is 5.41 Å². The smallest absolute Gasteiger partial charge is 0.315 e. The number of rotatable bonds is 4. The van der Waals surface area contributed by atoms with Gasteiger partial charge in [0.05, 0.1) is 6.42 Å². The average molecular weight is 230 g/mol. The summed E-state index contributed by atoms with van der Waals surface area (Å²) in [5.41, 5.74) is -0.285. The molecule has 0 saturated carbocycles. The van der Waals surface area contributed by atoms with E-state index in [9.17, 15) is 9.59 Å². The van der Waals surface area contributed by atoms with Gasteiger partial charge < -0.3 is 15.7 Å². The second-order valence-corrected chi connectivity index (χ2v) is 5.29. The third kappa shape index (κ3) is 6.27. The van der Waals surface area contributed by atoms with Crippen LogP contribution in [-0.4, -0.2) is 29.2 Å². The lowest BCUT2D eigenvalue weighted by Crippen LogP contribution is -2.50. The summed E-state index contributed by atoms with van der Waals surface area (Å²) in [5, 5.41) is 14.1. The first-order valence-corrected chi connectivity index (χ1v) is 5.41. The van der Waals surface area contributed by atoms with Gasteiger partial charge in [-0.15, -0.1) is 0 Å². The van der Waals surface area contributed by atoms with Crippen molar-refractivity contribution in [1.82, 2.24) is 10.6 Å². The van der Waals surface area contributed by atoms with Crippen molar-refractivity contribution in [2.75, 3.05) is 0 Å². The van der Waals surface area contributed by atoms with Gasteiger partial charge in [-0.3, -0.25) is 4.79 Å². The van der Waals surface area contributed by atoms with E-state index in [0.29, 0.717) is 0 Å². The Kier molecular flexibility index (Phi) is 5.27. The Balaban J connectivity index is 4.44. The molecule has 0 aromatic rings. The molecule has 0 spiro atoms. The van der Waals surface area contributed by atoms with Crippen molar-refractivity contribution in [3.05, 3.63) is 0 Å². The van der Waals surface area contributed by atoms with Crippen LogP contribution in [0.15, 0.2) is 0 Å². The standard InChI is InChI=1S/C11H22N2O3/c1-7(2)12-10(16)13-8(6-9(14)15)11(3,4)5/h7-8H,6H2,1-5H3,(H,14,15)(H2,12,13,16). The molecular weight excluding hydrogens is 208 g/mol. The number of aliphatic carboxylic acids is 1. The Morgan fingerprint density at radius 3 is 2.00 bits per heavy atom. The molecule has 0 radical (unpaired) electrons. The summed E-state index contributed by atoms with van der Waals surface area (Å²) < 4.78 is 0. The summed E-state index contributed by atoms with van der Waals surface area (Å²) in [4.78, 5) is 22.2. The number of carbonyl (C=O) groups excluding carboxylic acids is 1. The van der Waals surface area contributed by atoms with Crippen molar-refractivity contribution in [3.63, 3.8) is 0 Å². The normalized spacial score (nSPS) is 13.4. The molecule has 3 N–H and O–H groups in total. The van der Waals surface area contributed by atoms with E-state index in [0.717, 1.165) is 0 Å². The molecule has 0 aliphatic rings. The molecule has 5 nitrogen and oxygen atoms in total. The lowest BCUT2D eigenvalue weighted by atomic mass is 9.85. The van der Waals surface area contributed by atoms with Gasteiger partial charge in [0.25, 0.3) is 0 Å². The van der Waals surface area contributed by atoms with Gasteiger partial charge in [0.2, 0.25) is 0 Å². The molecule has 94 valence electrons. The maximum atomic E-state index is 11.5. The number of carboxylic acid groups (broad SMARTS) is 1. The van der Waals surface area contributed by atoms with Crippen LogP contribution in [0.5, 0.6) is 0 Å². The minimum atomic E-state index is -0.912. The highest BCUT2D eigenvalue weighted by Gasteiger charge is 2.28. The van der Waals surface area contributed by atoms with E-state index < -0.39 is 5.97 Å². The highest BCUT2D eigenvalue weighted by molar-refractivity contribution is 5.76. The first-order chi connectivity index (χ1) is 7.12. The monoisotopic (exact) mass is 230 g/mol. The molecule has 0 heterocycles. The zero-order valence-corrected chi connectivity index (χ0v) is 10.6. The van der Waals surface area contributed by atoms with Gasteiger partial charge in [0.15, 0.2) is 0 Å². The molecule has 0 saturated heterocycles. The van der Waals surface area contributed by atoms with Gasteiger partial charge in [-0.25, -0.2) is 4.79 Å². The van der Waals surface area contributed by atoms with Crippen molar-refractivity contribution in [3.8, 4) is 0 Å². The van der Waals surface area contributed by atoms with Crippen molar-refractivity contribution in [1.29, 1.82) is 0 Å². The Bertz CT molecular complexity index is 256. The minimum absolute atomic E-state index is 0.0328. The Morgan fingerprint density at radius 2 is 1.69 bits per heavy atom. The van der Waals surface area contributed by atoms with Crippen molar-refractivity contribution < 1.29 is 14.7 Å². The Morgan fingerprint density at radius 1 is 1.19 bits per heavy atom. The molecule has 0 aliphatic carbocycles. The summed E-state index contributed by atoms with van der Waals surface area (Å²) in [6, 6.07) is -0.676. The van der Waals surface area contributed by atoms with Gasteiger partial charge in [-0.05, 0) is 19.3 Å². The molecule has 16 heavy (non-hydrogen) atoms. The third-order valence-electron chi connectivity index (χ3n) is 2.15. The fourth-order valence-corrected chi connectivity index (χ4v) is 1.21. The number of carbonyl (C=O) groups is 2. The quantitative estimate of drug-likeness (QED) is 0.686. The molecule has 1 atom stereocenters. The number of amides is 2. The van der Waals surface area contributed by atoms with Gasteiger partial charge in [0.1, 0.15) is 0 Å². The molecule has 2 amide bonds. The summed E-state index contributed by atoms with van der Waals surface area (Å²) >= 11 is 0. The highest BCUT2D eigenvalue weighted by Crippen LogP contribution is 2.21. The summed E-state index contributed by atoms with van der Waals surface area (Å²) in [6.07, 6.45) is -0.0744. The largest absolute Gasteiger partial charge is 0.481 e. The lowest BCUT2D eigenvalue weighted by Gasteiger charge is -2.30. The van der Waals surface area contributed by atoms with Crippen LogP contribution in [0.2, 0.25) is 0 Å². The van der Waals surface area contributed by atoms with Crippen LogP contribution in [0.1, 0.15) is 41.0 Å². The van der Waals surface area contributed by atoms with Crippen LogP contribution in [-0.2, 0) is 4.79 Å². The van der Waals surface area contributed by atoms with Crippen LogP contribution >= 0.6 is 0 Å². The molecular formula is C11H22N2O3. The number of hydrogen-bond acceptors (Lipinski definition) is 2. The number of carboxylic acids is 1. The molecule has 0 bridgehead atoms. The van der Waals surface area contributed by atoms with Crippen LogP contribution in [0.3, 0.4) is 0 Å². The van der Waals surface area contributed by atoms with Gasteiger partial charge >= 0.3 is 12.0 Å². The molecule has 0 aromatic heterocycles. The molecule has 0 aromatic carbocycles. The van der Waals surface area contributed by atoms with E-state index in [2.05, 4.69) is 10.6 Å². The summed E-state index contributed by atoms with van der Waals surface area (Å²) in [6.45, 7) is 9.40. The van der Waals surface area contributed by atoms with Crippen LogP contribution in [0.4, 0.5) is 4.79 Å². The van der Waals surface area contributed by atoms with E-state index in [4.69, 9.17) is 5.11 Å². The van der Waals surface area contributed by atoms with E-state index in [1.807, 2.05) is 34.6 Å². The maximum absolute atomic E-state index is 11.5. The van der Waals surface area contributed by atoms with Crippen LogP contribution in [0.25, 0.3) is 0 Å².